The number of unbranched alkanes of at least 4 members (excludes halogenated alkanes) is 1. The standard InChI is InChI=1S/C23H28ClN3O2/c1-6-8-11-27(7-2)23-20-13-16(24)12-19(22(20)25-15(3)26-23)18-10-9-17(28-4)14-21(18)29-5/h9-10,12-14H,6-8,11H2,1-5H3. The quantitative estimate of drug-likeness (QED) is 0.460. The first kappa shape index (κ1) is 21.2. The number of fused-ring (bicyclic) bond motifs is 1. The Kier molecular flexibility index (Phi) is 6.80. The molecule has 0 fully saturated rings. The average Bonchev–Trinajstić information content (AvgIpc) is 2.73. The van der Waals surface area contributed by atoms with Gasteiger partial charge in [-0.15, -0.1) is 0 Å². The van der Waals surface area contributed by atoms with Crippen LogP contribution in [0.4, 0.5) is 5.82 Å². The summed E-state index contributed by atoms with van der Waals surface area (Å²) in [5, 5.41) is 1.60. The minimum Gasteiger partial charge on any atom is -0.497 e. The van der Waals surface area contributed by atoms with Crippen molar-refractivity contribution < 1.29 is 9.47 Å². The molecule has 0 amide bonds. The van der Waals surface area contributed by atoms with E-state index in [9.17, 15) is 0 Å². The highest BCUT2D eigenvalue weighted by molar-refractivity contribution is 6.32. The summed E-state index contributed by atoms with van der Waals surface area (Å²) in [6.45, 7) is 8.10. The molecule has 2 aromatic carbocycles. The predicted octanol–water partition coefficient (Wildman–Crippen LogP) is 5.90. The van der Waals surface area contributed by atoms with E-state index < -0.39 is 0 Å². The molecular weight excluding hydrogens is 386 g/mol. The van der Waals surface area contributed by atoms with Gasteiger partial charge in [0.25, 0.3) is 0 Å². The maximum atomic E-state index is 6.55. The van der Waals surface area contributed by atoms with Crippen molar-refractivity contribution in [2.24, 2.45) is 0 Å². The molecule has 0 spiro atoms. The van der Waals surface area contributed by atoms with Crippen LogP contribution in [0.15, 0.2) is 30.3 Å². The molecule has 5 nitrogen and oxygen atoms in total. The van der Waals surface area contributed by atoms with Crippen molar-refractivity contribution in [2.45, 2.75) is 33.6 Å². The van der Waals surface area contributed by atoms with Crippen molar-refractivity contribution in [3.63, 3.8) is 0 Å². The van der Waals surface area contributed by atoms with Crippen LogP contribution < -0.4 is 14.4 Å². The van der Waals surface area contributed by atoms with E-state index in [0.717, 1.165) is 65.4 Å². The molecule has 0 radical (unpaired) electrons. The molecule has 0 unspecified atom stereocenters. The number of methoxy groups -OCH3 is 2. The second kappa shape index (κ2) is 9.31. The number of hydrogen-bond acceptors (Lipinski definition) is 5. The summed E-state index contributed by atoms with van der Waals surface area (Å²) in [6.07, 6.45) is 2.24. The predicted molar refractivity (Wildman–Crippen MR) is 121 cm³/mol. The Morgan fingerprint density at radius 2 is 1.79 bits per heavy atom. The van der Waals surface area contributed by atoms with Crippen molar-refractivity contribution in [2.75, 3.05) is 32.2 Å². The van der Waals surface area contributed by atoms with Gasteiger partial charge in [0.1, 0.15) is 23.1 Å². The number of anilines is 1. The summed E-state index contributed by atoms with van der Waals surface area (Å²) in [6, 6.07) is 9.66. The molecule has 0 aliphatic rings. The first-order valence-corrected chi connectivity index (χ1v) is 10.3. The number of rotatable bonds is 8. The van der Waals surface area contributed by atoms with Crippen LogP contribution >= 0.6 is 11.6 Å². The normalized spacial score (nSPS) is 11.0. The molecule has 0 N–H and O–H groups in total. The highest BCUT2D eigenvalue weighted by atomic mass is 35.5. The number of benzene rings is 2. The minimum atomic E-state index is 0.644. The maximum absolute atomic E-state index is 6.55. The van der Waals surface area contributed by atoms with E-state index in [0.29, 0.717) is 10.8 Å². The smallest absolute Gasteiger partial charge is 0.140 e. The lowest BCUT2D eigenvalue weighted by Crippen LogP contribution is -2.25. The average molecular weight is 414 g/mol. The van der Waals surface area contributed by atoms with Crippen LogP contribution in [0.3, 0.4) is 0 Å². The van der Waals surface area contributed by atoms with Crippen molar-refractivity contribution in [3.05, 3.63) is 41.2 Å². The van der Waals surface area contributed by atoms with Gasteiger partial charge in [-0.05, 0) is 44.5 Å². The Balaban J connectivity index is 2.28. The molecule has 0 saturated carbocycles. The third kappa shape index (κ3) is 4.40. The van der Waals surface area contributed by atoms with Gasteiger partial charge in [-0.1, -0.05) is 24.9 Å². The molecule has 29 heavy (non-hydrogen) atoms. The SMILES string of the molecule is CCCCN(CC)c1nc(C)nc2c(-c3ccc(OC)cc3OC)cc(Cl)cc12. The fraction of sp³-hybridized carbons (Fsp3) is 0.391. The fourth-order valence-corrected chi connectivity index (χ4v) is 3.74. The minimum absolute atomic E-state index is 0.644. The van der Waals surface area contributed by atoms with E-state index in [1.54, 1.807) is 14.2 Å². The zero-order valence-electron chi connectivity index (χ0n) is 17.8. The van der Waals surface area contributed by atoms with Crippen molar-refractivity contribution in [1.29, 1.82) is 0 Å². The summed E-state index contributed by atoms with van der Waals surface area (Å²) in [5.74, 6) is 3.11. The summed E-state index contributed by atoms with van der Waals surface area (Å²) in [7, 11) is 3.29. The van der Waals surface area contributed by atoms with E-state index in [2.05, 4.69) is 18.7 Å². The van der Waals surface area contributed by atoms with Gasteiger partial charge in [0.15, 0.2) is 0 Å². The number of aromatic nitrogens is 2. The van der Waals surface area contributed by atoms with Crippen LogP contribution in [0.25, 0.3) is 22.0 Å². The van der Waals surface area contributed by atoms with Crippen LogP contribution in [0, 0.1) is 6.92 Å². The molecule has 1 aromatic heterocycles. The first-order valence-electron chi connectivity index (χ1n) is 9.97. The number of ether oxygens (including phenoxy) is 2. The zero-order chi connectivity index (χ0) is 21.0. The summed E-state index contributed by atoms with van der Waals surface area (Å²) in [4.78, 5) is 11.9. The molecule has 1 heterocycles. The lowest BCUT2D eigenvalue weighted by molar-refractivity contribution is 0.395. The molecule has 0 bridgehead atoms. The Labute approximate surface area is 177 Å². The van der Waals surface area contributed by atoms with Gasteiger partial charge in [-0.25, -0.2) is 9.97 Å². The molecule has 154 valence electrons. The van der Waals surface area contributed by atoms with Crippen LogP contribution in [0.2, 0.25) is 5.02 Å². The number of aryl methyl sites for hydroxylation is 1. The fourth-order valence-electron chi connectivity index (χ4n) is 3.52. The third-order valence-corrected chi connectivity index (χ3v) is 5.24. The highest BCUT2D eigenvalue weighted by Gasteiger charge is 2.18. The largest absolute Gasteiger partial charge is 0.497 e. The summed E-state index contributed by atoms with van der Waals surface area (Å²) in [5.41, 5.74) is 2.71. The van der Waals surface area contributed by atoms with Gasteiger partial charge >= 0.3 is 0 Å². The van der Waals surface area contributed by atoms with E-state index in [-0.39, 0.29) is 0 Å². The molecule has 0 atom stereocenters. The van der Waals surface area contributed by atoms with Crippen LogP contribution in [0.1, 0.15) is 32.5 Å². The number of nitrogens with zero attached hydrogens (tertiary/aromatic N) is 3. The summed E-state index contributed by atoms with van der Waals surface area (Å²) < 4.78 is 11.0. The van der Waals surface area contributed by atoms with Gasteiger partial charge in [0.2, 0.25) is 0 Å². The number of hydrogen-bond donors (Lipinski definition) is 0. The van der Waals surface area contributed by atoms with E-state index >= 15 is 0 Å². The lowest BCUT2D eigenvalue weighted by Gasteiger charge is -2.24. The van der Waals surface area contributed by atoms with E-state index in [1.807, 2.05) is 37.3 Å². The van der Waals surface area contributed by atoms with E-state index in [4.69, 9.17) is 31.0 Å². The summed E-state index contributed by atoms with van der Waals surface area (Å²) >= 11 is 6.55. The van der Waals surface area contributed by atoms with Crippen LogP contribution in [0.5, 0.6) is 11.5 Å². The van der Waals surface area contributed by atoms with E-state index in [1.165, 1.54) is 0 Å². The van der Waals surface area contributed by atoms with Gasteiger partial charge in [-0.3, -0.25) is 0 Å². The number of halogens is 1. The third-order valence-electron chi connectivity index (χ3n) is 5.02. The lowest BCUT2D eigenvalue weighted by atomic mass is 10.0. The Morgan fingerprint density at radius 1 is 1.00 bits per heavy atom. The van der Waals surface area contributed by atoms with Gasteiger partial charge in [0.05, 0.1) is 19.7 Å². The molecule has 6 heteroatoms. The Hall–Kier alpha value is -2.53. The topological polar surface area (TPSA) is 47.5 Å². The zero-order valence-corrected chi connectivity index (χ0v) is 18.5. The molecule has 0 aliphatic carbocycles. The monoisotopic (exact) mass is 413 g/mol. The molecule has 0 aliphatic heterocycles. The van der Waals surface area contributed by atoms with Crippen LogP contribution in [-0.2, 0) is 0 Å². The Bertz CT molecular complexity index is 1010. The van der Waals surface area contributed by atoms with Gasteiger partial charge < -0.3 is 14.4 Å². The van der Waals surface area contributed by atoms with Gasteiger partial charge in [0, 0.05) is 40.7 Å². The van der Waals surface area contributed by atoms with Crippen molar-refractivity contribution >= 4 is 28.3 Å². The van der Waals surface area contributed by atoms with Crippen molar-refractivity contribution in [1.82, 2.24) is 9.97 Å². The molecule has 3 aromatic rings. The molecule has 0 saturated heterocycles. The second-order valence-electron chi connectivity index (χ2n) is 6.94. The maximum Gasteiger partial charge on any atom is 0.140 e. The van der Waals surface area contributed by atoms with Gasteiger partial charge in [-0.2, -0.15) is 0 Å². The molecular formula is C23H28ClN3O2. The second-order valence-corrected chi connectivity index (χ2v) is 7.38. The molecule has 3 rings (SSSR count). The highest BCUT2D eigenvalue weighted by Crippen LogP contribution is 2.40. The van der Waals surface area contributed by atoms with Crippen molar-refractivity contribution in [3.8, 4) is 22.6 Å². The Morgan fingerprint density at radius 3 is 2.45 bits per heavy atom. The first-order chi connectivity index (χ1) is 14.0. The van der Waals surface area contributed by atoms with Crippen LogP contribution in [-0.4, -0.2) is 37.3 Å².